The molecule has 0 saturated carbocycles. The summed E-state index contributed by atoms with van der Waals surface area (Å²) in [6.45, 7) is 3.54. The molecule has 9 nitrogen and oxygen atoms in total. The lowest BCUT2D eigenvalue weighted by Crippen LogP contribution is -2.57. The van der Waals surface area contributed by atoms with Gasteiger partial charge in [-0.05, 0) is 12.3 Å². The Hall–Kier alpha value is -1.81. The summed E-state index contributed by atoms with van der Waals surface area (Å²) in [6.07, 6.45) is 0.223. The van der Waals surface area contributed by atoms with E-state index in [-0.39, 0.29) is 24.5 Å². The summed E-state index contributed by atoms with van der Waals surface area (Å²) < 4.78 is 0. The van der Waals surface area contributed by atoms with Gasteiger partial charge in [-0.15, -0.1) is 0 Å². The molecule has 6 N–H and O–H groups in total. The van der Waals surface area contributed by atoms with Crippen molar-refractivity contribution in [2.24, 2.45) is 11.7 Å². The van der Waals surface area contributed by atoms with Crippen molar-refractivity contribution in [1.82, 2.24) is 10.6 Å². The maximum absolute atomic E-state index is 12.3. The SMILES string of the molecule is CCC(C)C(NC(=O)C(N)CCC(=O)O)C(=O)NC(CS)C(=O)O. The van der Waals surface area contributed by atoms with Gasteiger partial charge in [-0.3, -0.25) is 14.4 Å². The van der Waals surface area contributed by atoms with Gasteiger partial charge in [0, 0.05) is 12.2 Å². The Bertz CT molecular complexity index is 473. The van der Waals surface area contributed by atoms with Crippen molar-refractivity contribution in [1.29, 1.82) is 0 Å². The molecule has 138 valence electrons. The van der Waals surface area contributed by atoms with Gasteiger partial charge in [0.05, 0.1) is 6.04 Å². The van der Waals surface area contributed by atoms with Crippen LogP contribution >= 0.6 is 12.6 Å². The van der Waals surface area contributed by atoms with Gasteiger partial charge in [-0.25, -0.2) is 4.79 Å². The van der Waals surface area contributed by atoms with Gasteiger partial charge in [0.15, 0.2) is 0 Å². The Kier molecular flexibility index (Phi) is 10.0. The van der Waals surface area contributed by atoms with Crippen molar-refractivity contribution >= 4 is 36.4 Å². The summed E-state index contributed by atoms with van der Waals surface area (Å²) in [6, 6.07) is -3.22. The highest BCUT2D eigenvalue weighted by molar-refractivity contribution is 7.80. The van der Waals surface area contributed by atoms with Crippen LogP contribution in [0, 0.1) is 5.92 Å². The molecule has 24 heavy (non-hydrogen) atoms. The number of aliphatic carboxylic acids is 2. The fraction of sp³-hybridized carbons (Fsp3) is 0.714. The molecule has 0 aromatic carbocycles. The predicted molar refractivity (Wildman–Crippen MR) is 89.7 cm³/mol. The van der Waals surface area contributed by atoms with Gasteiger partial charge in [-0.2, -0.15) is 12.6 Å². The van der Waals surface area contributed by atoms with Crippen LogP contribution in [0.1, 0.15) is 33.1 Å². The number of carbonyl (C=O) groups excluding carboxylic acids is 2. The second-order valence-corrected chi connectivity index (χ2v) is 5.86. The van der Waals surface area contributed by atoms with Crippen molar-refractivity contribution in [3.63, 3.8) is 0 Å². The Morgan fingerprint density at radius 2 is 1.71 bits per heavy atom. The van der Waals surface area contributed by atoms with Crippen LogP contribution in [0.15, 0.2) is 0 Å². The Morgan fingerprint density at radius 1 is 1.12 bits per heavy atom. The van der Waals surface area contributed by atoms with Gasteiger partial charge in [0.1, 0.15) is 12.1 Å². The van der Waals surface area contributed by atoms with Crippen molar-refractivity contribution in [3.05, 3.63) is 0 Å². The fourth-order valence-corrected chi connectivity index (χ4v) is 2.07. The molecule has 0 aromatic rings. The molecule has 0 fully saturated rings. The number of nitrogens with one attached hydrogen (secondary N) is 2. The van der Waals surface area contributed by atoms with E-state index in [1.165, 1.54) is 0 Å². The molecule has 0 radical (unpaired) electrons. The first-order valence-corrected chi connectivity index (χ1v) is 8.19. The molecule has 0 spiro atoms. The second kappa shape index (κ2) is 10.9. The molecule has 0 aliphatic rings. The first kappa shape index (κ1) is 22.2. The lowest BCUT2D eigenvalue weighted by atomic mass is 9.97. The topological polar surface area (TPSA) is 159 Å². The molecule has 0 rings (SSSR count). The minimum Gasteiger partial charge on any atom is -0.481 e. The third-order valence-corrected chi connectivity index (χ3v) is 3.96. The minimum absolute atomic E-state index is 0.0651. The van der Waals surface area contributed by atoms with E-state index < -0.39 is 41.9 Å². The van der Waals surface area contributed by atoms with Gasteiger partial charge in [0.25, 0.3) is 0 Å². The average Bonchev–Trinajstić information content (AvgIpc) is 2.53. The second-order valence-electron chi connectivity index (χ2n) is 5.49. The lowest BCUT2D eigenvalue weighted by molar-refractivity contribution is -0.141. The van der Waals surface area contributed by atoms with E-state index in [0.717, 1.165) is 0 Å². The normalized spacial score (nSPS) is 15.7. The van der Waals surface area contributed by atoms with Gasteiger partial charge in [0.2, 0.25) is 11.8 Å². The molecular formula is C14H25N3O6S. The number of hydrogen-bond acceptors (Lipinski definition) is 6. The van der Waals surface area contributed by atoms with Crippen molar-refractivity contribution < 1.29 is 29.4 Å². The number of hydrogen-bond donors (Lipinski definition) is 6. The highest BCUT2D eigenvalue weighted by Gasteiger charge is 2.30. The van der Waals surface area contributed by atoms with E-state index in [1.54, 1.807) is 6.92 Å². The van der Waals surface area contributed by atoms with Crippen molar-refractivity contribution in [3.8, 4) is 0 Å². The largest absolute Gasteiger partial charge is 0.481 e. The molecule has 0 aliphatic heterocycles. The Balaban J connectivity index is 4.94. The number of nitrogens with two attached hydrogens (primary N) is 1. The van der Waals surface area contributed by atoms with E-state index in [9.17, 15) is 19.2 Å². The van der Waals surface area contributed by atoms with Crippen LogP contribution in [0.5, 0.6) is 0 Å². The molecule has 0 heterocycles. The first-order valence-electron chi connectivity index (χ1n) is 7.55. The molecule has 4 atom stereocenters. The molecule has 0 aromatic heterocycles. The minimum atomic E-state index is -1.23. The smallest absolute Gasteiger partial charge is 0.327 e. The summed E-state index contributed by atoms with van der Waals surface area (Å²) in [5.74, 6) is -3.98. The number of thiol groups is 1. The summed E-state index contributed by atoms with van der Waals surface area (Å²) in [4.78, 5) is 45.8. The average molecular weight is 363 g/mol. The van der Waals surface area contributed by atoms with Gasteiger partial charge in [-0.1, -0.05) is 20.3 Å². The molecule has 2 amide bonds. The standard InChI is InChI=1S/C14H25N3O6S/c1-3-7(2)11(13(21)16-9(6-24)14(22)23)17-12(20)8(15)4-5-10(18)19/h7-9,11,24H,3-6,15H2,1-2H3,(H,16,21)(H,17,20)(H,18,19)(H,22,23). The van der Waals surface area contributed by atoms with Crippen LogP contribution in [-0.4, -0.2) is 57.8 Å². The number of rotatable bonds is 11. The summed E-state index contributed by atoms with van der Waals surface area (Å²) in [7, 11) is 0. The molecule has 0 aliphatic carbocycles. The fourth-order valence-electron chi connectivity index (χ4n) is 1.82. The van der Waals surface area contributed by atoms with E-state index in [0.29, 0.717) is 6.42 Å². The van der Waals surface area contributed by atoms with Gasteiger partial charge >= 0.3 is 11.9 Å². The van der Waals surface area contributed by atoms with Crippen molar-refractivity contribution in [2.45, 2.75) is 51.2 Å². The molecule has 4 unspecified atom stereocenters. The maximum Gasteiger partial charge on any atom is 0.327 e. The predicted octanol–water partition coefficient (Wildman–Crippen LogP) is -0.791. The highest BCUT2D eigenvalue weighted by Crippen LogP contribution is 2.09. The monoisotopic (exact) mass is 363 g/mol. The Labute approximate surface area is 145 Å². The zero-order chi connectivity index (χ0) is 18.9. The summed E-state index contributed by atoms with van der Waals surface area (Å²) in [5.41, 5.74) is 5.62. The molecule has 10 heteroatoms. The van der Waals surface area contributed by atoms with Crippen LogP contribution in [0.3, 0.4) is 0 Å². The summed E-state index contributed by atoms with van der Waals surface area (Å²) in [5, 5.41) is 22.4. The van der Waals surface area contributed by atoms with E-state index in [4.69, 9.17) is 15.9 Å². The number of amides is 2. The third kappa shape index (κ3) is 7.64. The summed E-state index contributed by atoms with van der Waals surface area (Å²) >= 11 is 3.86. The zero-order valence-electron chi connectivity index (χ0n) is 13.7. The lowest BCUT2D eigenvalue weighted by Gasteiger charge is -2.26. The third-order valence-electron chi connectivity index (χ3n) is 3.60. The van der Waals surface area contributed by atoms with E-state index in [2.05, 4.69) is 23.3 Å². The molecule has 0 saturated heterocycles. The maximum atomic E-state index is 12.3. The molecular weight excluding hydrogens is 338 g/mol. The van der Waals surface area contributed by atoms with E-state index >= 15 is 0 Å². The van der Waals surface area contributed by atoms with Crippen LogP contribution in [-0.2, 0) is 19.2 Å². The quantitative estimate of drug-likeness (QED) is 0.262. The van der Waals surface area contributed by atoms with Gasteiger partial charge < -0.3 is 26.6 Å². The van der Waals surface area contributed by atoms with Crippen LogP contribution in [0.4, 0.5) is 0 Å². The molecule has 0 bridgehead atoms. The number of carboxylic acids is 2. The highest BCUT2D eigenvalue weighted by atomic mass is 32.1. The zero-order valence-corrected chi connectivity index (χ0v) is 14.6. The van der Waals surface area contributed by atoms with Crippen LogP contribution < -0.4 is 16.4 Å². The first-order chi connectivity index (χ1) is 11.1. The number of carboxylic acid groups (broad SMARTS) is 2. The van der Waals surface area contributed by atoms with Crippen LogP contribution in [0.2, 0.25) is 0 Å². The van der Waals surface area contributed by atoms with E-state index in [1.807, 2.05) is 6.92 Å². The Morgan fingerprint density at radius 3 is 2.12 bits per heavy atom. The van der Waals surface area contributed by atoms with Crippen LogP contribution in [0.25, 0.3) is 0 Å². The number of carbonyl (C=O) groups is 4. The van der Waals surface area contributed by atoms with Crippen molar-refractivity contribution in [2.75, 3.05) is 5.75 Å².